The molecule has 0 aliphatic carbocycles. The molecule has 0 bridgehead atoms. The zero-order valence-electron chi connectivity index (χ0n) is 15.2. The third kappa shape index (κ3) is 3.75. The van der Waals surface area contributed by atoms with Crippen LogP contribution in [-0.4, -0.2) is 37.3 Å². The monoisotopic (exact) mass is 340 g/mol. The van der Waals surface area contributed by atoms with Crippen molar-refractivity contribution >= 4 is 17.7 Å². The van der Waals surface area contributed by atoms with E-state index in [2.05, 4.69) is 25.3 Å². The van der Waals surface area contributed by atoms with E-state index in [1.54, 1.807) is 12.4 Å². The van der Waals surface area contributed by atoms with Crippen molar-refractivity contribution < 1.29 is 4.79 Å². The lowest BCUT2D eigenvalue weighted by Gasteiger charge is -2.27. The second kappa shape index (κ2) is 7.13. The minimum Gasteiger partial charge on any atom is -0.334 e. The second-order valence-corrected chi connectivity index (χ2v) is 6.73. The van der Waals surface area contributed by atoms with Crippen LogP contribution in [-0.2, 0) is 4.79 Å². The summed E-state index contributed by atoms with van der Waals surface area (Å²) in [6, 6.07) is 1.86. The molecule has 1 amide bonds. The van der Waals surface area contributed by atoms with Gasteiger partial charge in [-0.05, 0) is 32.8 Å². The van der Waals surface area contributed by atoms with Crippen LogP contribution in [0.4, 0.5) is 11.8 Å². The predicted molar refractivity (Wildman–Crippen MR) is 95.3 cm³/mol. The summed E-state index contributed by atoms with van der Waals surface area (Å²) >= 11 is 0. The van der Waals surface area contributed by atoms with Gasteiger partial charge in [-0.2, -0.15) is 0 Å². The lowest BCUT2D eigenvalue weighted by atomic mass is 10.1. The fourth-order valence-corrected chi connectivity index (χ4v) is 3.22. The SMILES string of the molecule is Cc1cc(C)nc(Nc2nccnc2C2CCCN2C(=O)C(C)C)n1. The Kier molecular flexibility index (Phi) is 4.92. The third-order valence-corrected chi connectivity index (χ3v) is 4.28. The van der Waals surface area contributed by atoms with Crippen molar-refractivity contribution in [3.05, 3.63) is 35.5 Å². The van der Waals surface area contributed by atoms with Crippen LogP contribution in [0.5, 0.6) is 0 Å². The van der Waals surface area contributed by atoms with Crippen molar-refractivity contribution in [1.29, 1.82) is 0 Å². The normalized spacial score (nSPS) is 17.2. The molecule has 0 aromatic carbocycles. The Balaban J connectivity index is 1.91. The Hall–Kier alpha value is -2.57. The number of rotatable bonds is 4. The Labute approximate surface area is 147 Å². The van der Waals surface area contributed by atoms with Gasteiger partial charge in [0.1, 0.15) is 5.69 Å². The zero-order valence-corrected chi connectivity index (χ0v) is 15.2. The van der Waals surface area contributed by atoms with E-state index in [4.69, 9.17) is 0 Å². The van der Waals surface area contributed by atoms with Gasteiger partial charge < -0.3 is 10.2 Å². The lowest BCUT2D eigenvalue weighted by Crippen LogP contribution is -2.34. The van der Waals surface area contributed by atoms with E-state index < -0.39 is 0 Å². The molecule has 1 fully saturated rings. The van der Waals surface area contributed by atoms with E-state index in [1.165, 1.54) is 0 Å². The number of aromatic nitrogens is 4. The van der Waals surface area contributed by atoms with E-state index >= 15 is 0 Å². The molecule has 1 unspecified atom stereocenters. The first-order valence-corrected chi connectivity index (χ1v) is 8.66. The Bertz CT molecular complexity index is 756. The first-order chi connectivity index (χ1) is 12.0. The summed E-state index contributed by atoms with van der Waals surface area (Å²) < 4.78 is 0. The minimum absolute atomic E-state index is 0.0311. The molecule has 1 aliphatic heterocycles. The highest BCUT2D eigenvalue weighted by molar-refractivity contribution is 5.79. The Morgan fingerprint density at radius 3 is 2.56 bits per heavy atom. The van der Waals surface area contributed by atoms with Gasteiger partial charge in [-0.15, -0.1) is 0 Å². The number of hydrogen-bond acceptors (Lipinski definition) is 6. The summed E-state index contributed by atoms with van der Waals surface area (Å²) in [5, 5.41) is 3.19. The molecule has 0 radical (unpaired) electrons. The lowest BCUT2D eigenvalue weighted by molar-refractivity contribution is -0.135. The summed E-state index contributed by atoms with van der Waals surface area (Å²) in [4.78, 5) is 32.2. The number of carbonyl (C=O) groups is 1. The average Bonchev–Trinajstić information content (AvgIpc) is 3.02. The quantitative estimate of drug-likeness (QED) is 0.921. The number of nitrogens with one attached hydrogen (secondary N) is 1. The molecule has 25 heavy (non-hydrogen) atoms. The summed E-state index contributed by atoms with van der Waals surface area (Å²) in [6.07, 6.45) is 5.16. The van der Waals surface area contributed by atoms with Crippen LogP contribution in [0.2, 0.25) is 0 Å². The molecule has 1 saturated heterocycles. The molecule has 2 aromatic rings. The van der Waals surface area contributed by atoms with Crippen LogP contribution >= 0.6 is 0 Å². The summed E-state index contributed by atoms with van der Waals surface area (Å²) in [5.74, 6) is 1.23. The van der Waals surface area contributed by atoms with E-state index in [-0.39, 0.29) is 17.9 Å². The minimum atomic E-state index is -0.0583. The number of likely N-dealkylation sites (tertiary alicyclic amines) is 1. The van der Waals surface area contributed by atoms with Crippen molar-refractivity contribution in [3.8, 4) is 0 Å². The maximum absolute atomic E-state index is 12.5. The number of nitrogens with zero attached hydrogens (tertiary/aromatic N) is 5. The van der Waals surface area contributed by atoms with Gasteiger partial charge in [0, 0.05) is 36.2 Å². The van der Waals surface area contributed by atoms with Crippen LogP contribution in [0, 0.1) is 19.8 Å². The van der Waals surface area contributed by atoms with Gasteiger partial charge in [0.05, 0.1) is 6.04 Å². The van der Waals surface area contributed by atoms with Crippen molar-refractivity contribution in [1.82, 2.24) is 24.8 Å². The highest BCUT2D eigenvalue weighted by Crippen LogP contribution is 2.35. The molecular weight excluding hydrogens is 316 g/mol. The van der Waals surface area contributed by atoms with Gasteiger partial charge in [-0.3, -0.25) is 9.78 Å². The first-order valence-electron chi connectivity index (χ1n) is 8.66. The summed E-state index contributed by atoms with van der Waals surface area (Å²) in [6.45, 7) is 8.47. The van der Waals surface area contributed by atoms with Crippen molar-refractivity contribution in [2.24, 2.45) is 5.92 Å². The van der Waals surface area contributed by atoms with E-state index in [0.717, 1.165) is 36.5 Å². The highest BCUT2D eigenvalue weighted by atomic mass is 16.2. The van der Waals surface area contributed by atoms with Gasteiger partial charge in [-0.1, -0.05) is 13.8 Å². The molecule has 3 rings (SSSR count). The van der Waals surface area contributed by atoms with Gasteiger partial charge in [0.2, 0.25) is 11.9 Å². The molecular formula is C18H24N6O. The topological polar surface area (TPSA) is 83.9 Å². The standard InChI is InChI=1S/C18H24N6O/c1-11(2)17(25)24-9-5-6-14(24)15-16(20-8-7-19-15)23-18-21-12(3)10-13(4)22-18/h7-8,10-11,14H,5-6,9H2,1-4H3,(H,20,21,22,23). The fraction of sp³-hybridized carbons (Fsp3) is 0.500. The van der Waals surface area contributed by atoms with Crippen molar-refractivity contribution in [3.63, 3.8) is 0 Å². The van der Waals surface area contributed by atoms with Crippen LogP contribution in [0.3, 0.4) is 0 Å². The van der Waals surface area contributed by atoms with E-state index in [0.29, 0.717) is 11.8 Å². The molecule has 2 aromatic heterocycles. The third-order valence-electron chi connectivity index (χ3n) is 4.28. The molecule has 0 spiro atoms. The molecule has 1 N–H and O–H groups in total. The van der Waals surface area contributed by atoms with E-state index in [1.807, 2.05) is 38.7 Å². The number of aryl methyl sites for hydroxylation is 2. The molecule has 132 valence electrons. The van der Waals surface area contributed by atoms with Crippen LogP contribution in [0.1, 0.15) is 49.8 Å². The number of hydrogen-bond donors (Lipinski definition) is 1. The summed E-state index contributed by atoms with van der Waals surface area (Å²) in [5.41, 5.74) is 2.55. The zero-order chi connectivity index (χ0) is 18.0. The predicted octanol–water partition coefficient (Wildman–Crippen LogP) is 2.95. The van der Waals surface area contributed by atoms with Gasteiger partial charge >= 0.3 is 0 Å². The largest absolute Gasteiger partial charge is 0.334 e. The number of carbonyl (C=O) groups excluding carboxylic acids is 1. The fourth-order valence-electron chi connectivity index (χ4n) is 3.22. The molecule has 7 nitrogen and oxygen atoms in total. The Morgan fingerprint density at radius 2 is 1.88 bits per heavy atom. The van der Waals surface area contributed by atoms with Crippen LogP contribution < -0.4 is 5.32 Å². The van der Waals surface area contributed by atoms with Gasteiger partial charge in [0.15, 0.2) is 5.82 Å². The second-order valence-electron chi connectivity index (χ2n) is 6.73. The van der Waals surface area contributed by atoms with Crippen molar-refractivity contribution in [2.45, 2.75) is 46.6 Å². The maximum atomic E-state index is 12.5. The van der Waals surface area contributed by atoms with E-state index in [9.17, 15) is 4.79 Å². The van der Waals surface area contributed by atoms with Gasteiger partial charge in [-0.25, -0.2) is 15.0 Å². The van der Waals surface area contributed by atoms with Crippen LogP contribution in [0.15, 0.2) is 18.5 Å². The Morgan fingerprint density at radius 1 is 1.20 bits per heavy atom. The molecule has 7 heteroatoms. The molecule has 1 aliphatic rings. The van der Waals surface area contributed by atoms with Crippen molar-refractivity contribution in [2.75, 3.05) is 11.9 Å². The molecule has 3 heterocycles. The number of anilines is 2. The highest BCUT2D eigenvalue weighted by Gasteiger charge is 2.33. The van der Waals surface area contributed by atoms with Crippen LogP contribution in [0.25, 0.3) is 0 Å². The van der Waals surface area contributed by atoms with Gasteiger partial charge in [0.25, 0.3) is 0 Å². The first kappa shape index (κ1) is 17.3. The smallest absolute Gasteiger partial charge is 0.228 e. The average molecular weight is 340 g/mol. The molecule has 0 saturated carbocycles. The molecule has 1 atom stereocenters. The number of amides is 1. The summed E-state index contributed by atoms with van der Waals surface area (Å²) in [7, 11) is 0. The maximum Gasteiger partial charge on any atom is 0.228 e.